The molecule has 0 radical (unpaired) electrons. The number of anilines is 1. The number of aryl methyl sites for hydroxylation is 1. The average molecular weight is 475 g/mol. The number of amides is 1. The van der Waals surface area contributed by atoms with Crippen LogP contribution in [0.2, 0.25) is 0 Å². The van der Waals surface area contributed by atoms with Crippen LogP contribution in [0, 0.1) is 12.8 Å². The average Bonchev–Trinajstić information content (AvgIpc) is 3.80. The minimum absolute atomic E-state index is 0.129. The normalized spacial score (nSPS) is 15.9. The molecule has 0 saturated heterocycles. The molecule has 2 fully saturated rings. The van der Waals surface area contributed by atoms with E-state index in [1.165, 1.54) is 12.8 Å². The first-order valence-corrected chi connectivity index (χ1v) is 12.3. The largest absolute Gasteiger partial charge is 0.465 e. The van der Waals surface area contributed by atoms with E-state index < -0.39 is 11.5 Å². The zero-order chi connectivity index (χ0) is 24.4. The Balaban J connectivity index is 1.27. The van der Waals surface area contributed by atoms with Gasteiger partial charge in [-0.25, -0.2) is 4.79 Å². The molecule has 5 rings (SSSR count). The summed E-state index contributed by atoms with van der Waals surface area (Å²) in [6, 6.07) is 16.0. The van der Waals surface area contributed by atoms with Crippen molar-refractivity contribution in [3.63, 3.8) is 0 Å². The second-order valence-electron chi connectivity index (χ2n) is 9.42. The van der Waals surface area contributed by atoms with Gasteiger partial charge in [-0.3, -0.25) is 10.1 Å². The predicted octanol–water partition coefficient (Wildman–Crippen LogP) is 6.26. The van der Waals surface area contributed by atoms with E-state index >= 15 is 0 Å². The molecule has 1 amide bonds. The molecule has 7 heteroatoms. The Bertz CT molecular complexity index is 1210. The summed E-state index contributed by atoms with van der Waals surface area (Å²) < 4.78 is 16.1. The number of nitrogens with one attached hydrogen (secondary N) is 1. The molecule has 3 aromatic rings. The monoisotopic (exact) mass is 474 g/mol. The van der Waals surface area contributed by atoms with Gasteiger partial charge in [0, 0.05) is 5.56 Å². The SMILES string of the molecule is CCOC(=O)C1(c2ccc(-c3ccc(-c4onc(C)c4NC(=O)OCCC4CC4)cc3)cc2)CC1. The van der Waals surface area contributed by atoms with Crippen LogP contribution in [-0.2, 0) is 19.7 Å². The van der Waals surface area contributed by atoms with Gasteiger partial charge in [0.15, 0.2) is 5.76 Å². The van der Waals surface area contributed by atoms with Gasteiger partial charge in [-0.05, 0) is 55.7 Å². The van der Waals surface area contributed by atoms with E-state index in [9.17, 15) is 9.59 Å². The van der Waals surface area contributed by atoms with Crippen LogP contribution in [0.3, 0.4) is 0 Å². The summed E-state index contributed by atoms with van der Waals surface area (Å²) in [4.78, 5) is 24.6. The van der Waals surface area contributed by atoms with Crippen LogP contribution in [0.15, 0.2) is 53.1 Å². The number of carbonyl (C=O) groups is 2. The van der Waals surface area contributed by atoms with Gasteiger partial charge in [0.25, 0.3) is 0 Å². The van der Waals surface area contributed by atoms with E-state index in [1.54, 1.807) is 6.92 Å². The Morgan fingerprint density at radius 2 is 1.63 bits per heavy atom. The third kappa shape index (κ3) is 4.94. The van der Waals surface area contributed by atoms with Crippen molar-refractivity contribution in [2.75, 3.05) is 18.5 Å². The van der Waals surface area contributed by atoms with Crippen LogP contribution in [0.1, 0.15) is 50.3 Å². The molecule has 0 unspecified atom stereocenters. The molecule has 1 aromatic heterocycles. The van der Waals surface area contributed by atoms with Gasteiger partial charge in [0.1, 0.15) is 11.4 Å². The lowest BCUT2D eigenvalue weighted by Crippen LogP contribution is -2.23. The van der Waals surface area contributed by atoms with E-state index in [0.717, 1.165) is 41.5 Å². The number of ether oxygens (including phenoxy) is 2. The Kier molecular flexibility index (Phi) is 6.32. The summed E-state index contributed by atoms with van der Waals surface area (Å²) in [6.45, 7) is 4.44. The van der Waals surface area contributed by atoms with Gasteiger partial charge in [0.2, 0.25) is 0 Å². The van der Waals surface area contributed by atoms with Gasteiger partial charge in [0.05, 0.1) is 18.6 Å². The molecule has 7 nitrogen and oxygen atoms in total. The summed E-state index contributed by atoms with van der Waals surface area (Å²) in [6.07, 6.45) is 4.55. The smallest absolute Gasteiger partial charge is 0.411 e. The molecular weight excluding hydrogens is 444 g/mol. The van der Waals surface area contributed by atoms with Crippen molar-refractivity contribution < 1.29 is 23.6 Å². The van der Waals surface area contributed by atoms with E-state index in [-0.39, 0.29) is 5.97 Å². The fraction of sp³-hybridized carbons (Fsp3) is 0.393. The Hall–Kier alpha value is -3.61. The molecule has 0 atom stereocenters. The van der Waals surface area contributed by atoms with E-state index in [1.807, 2.05) is 55.5 Å². The number of aromatic nitrogens is 1. The van der Waals surface area contributed by atoms with E-state index in [2.05, 4.69) is 10.5 Å². The van der Waals surface area contributed by atoms with Crippen molar-refractivity contribution in [3.05, 3.63) is 59.8 Å². The lowest BCUT2D eigenvalue weighted by atomic mass is 9.93. The third-order valence-corrected chi connectivity index (χ3v) is 6.88. The highest BCUT2D eigenvalue weighted by Crippen LogP contribution is 2.49. The van der Waals surface area contributed by atoms with Crippen LogP contribution >= 0.6 is 0 Å². The van der Waals surface area contributed by atoms with Crippen molar-refractivity contribution in [3.8, 4) is 22.5 Å². The van der Waals surface area contributed by atoms with Crippen LogP contribution in [0.4, 0.5) is 10.5 Å². The Labute approximate surface area is 204 Å². The molecule has 1 heterocycles. The highest BCUT2D eigenvalue weighted by atomic mass is 16.5. The molecule has 2 aromatic carbocycles. The first-order valence-electron chi connectivity index (χ1n) is 12.3. The number of benzene rings is 2. The first kappa shape index (κ1) is 23.1. The fourth-order valence-corrected chi connectivity index (χ4v) is 4.38. The first-order chi connectivity index (χ1) is 17.0. The predicted molar refractivity (Wildman–Crippen MR) is 132 cm³/mol. The summed E-state index contributed by atoms with van der Waals surface area (Å²) in [7, 11) is 0. The lowest BCUT2D eigenvalue weighted by molar-refractivity contribution is -0.146. The zero-order valence-corrected chi connectivity index (χ0v) is 20.1. The topological polar surface area (TPSA) is 90.7 Å². The number of hydrogen-bond donors (Lipinski definition) is 1. The van der Waals surface area contributed by atoms with Crippen LogP contribution in [-0.4, -0.2) is 30.4 Å². The van der Waals surface area contributed by atoms with Crippen LogP contribution in [0.25, 0.3) is 22.5 Å². The molecule has 2 aliphatic rings. The molecule has 0 bridgehead atoms. The van der Waals surface area contributed by atoms with Crippen molar-refractivity contribution in [2.45, 2.75) is 51.4 Å². The van der Waals surface area contributed by atoms with E-state index in [0.29, 0.717) is 36.3 Å². The molecule has 1 N–H and O–H groups in total. The van der Waals surface area contributed by atoms with E-state index in [4.69, 9.17) is 14.0 Å². The number of nitrogens with zero attached hydrogens (tertiary/aromatic N) is 1. The second kappa shape index (κ2) is 9.56. The number of esters is 1. The maximum Gasteiger partial charge on any atom is 0.411 e. The second-order valence-corrected chi connectivity index (χ2v) is 9.42. The molecular formula is C28H30N2O5. The fourth-order valence-electron chi connectivity index (χ4n) is 4.38. The third-order valence-electron chi connectivity index (χ3n) is 6.88. The van der Waals surface area contributed by atoms with Crippen molar-refractivity contribution in [1.29, 1.82) is 0 Å². The Morgan fingerprint density at radius 1 is 1.00 bits per heavy atom. The van der Waals surface area contributed by atoms with Crippen molar-refractivity contribution in [2.24, 2.45) is 5.92 Å². The molecule has 2 saturated carbocycles. The standard InChI is InChI=1S/C28H30N2O5/c1-3-33-26(31)28(15-16-28)23-12-10-21(11-13-23)20-6-8-22(9-7-20)25-24(18(2)30-35-25)29-27(32)34-17-14-19-4-5-19/h6-13,19H,3-5,14-17H2,1-2H3,(H,29,32). The molecule has 182 valence electrons. The van der Waals surface area contributed by atoms with Gasteiger partial charge >= 0.3 is 12.1 Å². The molecule has 0 aliphatic heterocycles. The number of hydrogen-bond acceptors (Lipinski definition) is 6. The minimum atomic E-state index is -0.494. The maximum absolute atomic E-state index is 12.4. The maximum atomic E-state index is 12.4. The summed E-state index contributed by atoms with van der Waals surface area (Å²) in [5.41, 5.74) is 4.54. The number of carbonyl (C=O) groups excluding carboxylic acids is 2. The summed E-state index contributed by atoms with van der Waals surface area (Å²) in [5, 5.41) is 6.81. The minimum Gasteiger partial charge on any atom is -0.465 e. The quantitative estimate of drug-likeness (QED) is 0.368. The summed E-state index contributed by atoms with van der Waals surface area (Å²) in [5.74, 6) is 1.07. The number of rotatable bonds is 9. The molecule has 2 aliphatic carbocycles. The molecule has 0 spiro atoms. The zero-order valence-electron chi connectivity index (χ0n) is 20.1. The lowest BCUT2D eigenvalue weighted by Gasteiger charge is -2.14. The van der Waals surface area contributed by atoms with Crippen molar-refractivity contribution in [1.82, 2.24) is 5.16 Å². The van der Waals surface area contributed by atoms with Gasteiger partial charge < -0.3 is 14.0 Å². The summed E-state index contributed by atoms with van der Waals surface area (Å²) >= 11 is 0. The Morgan fingerprint density at radius 3 is 2.23 bits per heavy atom. The van der Waals surface area contributed by atoms with Crippen molar-refractivity contribution >= 4 is 17.7 Å². The highest BCUT2D eigenvalue weighted by molar-refractivity contribution is 5.91. The van der Waals surface area contributed by atoms with Crippen LogP contribution in [0.5, 0.6) is 0 Å². The van der Waals surface area contributed by atoms with Gasteiger partial charge in [-0.15, -0.1) is 0 Å². The van der Waals surface area contributed by atoms with Gasteiger partial charge in [-0.2, -0.15) is 0 Å². The van der Waals surface area contributed by atoms with Crippen LogP contribution < -0.4 is 5.32 Å². The molecule has 35 heavy (non-hydrogen) atoms. The van der Waals surface area contributed by atoms with Gasteiger partial charge in [-0.1, -0.05) is 66.5 Å². The highest BCUT2D eigenvalue weighted by Gasteiger charge is 2.52.